The highest BCUT2D eigenvalue weighted by atomic mass is 19.4. The molecule has 1 aromatic rings. The summed E-state index contributed by atoms with van der Waals surface area (Å²) in [5.41, 5.74) is 0. The Kier molecular flexibility index (Phi) is 4.47. The van der Waals surface area contributed by atoms with Gasteiger partial charge in [-0.15, -0.1) is 0 Å². The molecular weight excluding hydrogens is 240 g/mol. The largest absolute Gasteiger partial charge is 0.405 e. The van der Waals surface area contributed by atoms with Gasteiger partial charge in [-0.25, -0.2) is 9.37 Å². The molecular formula is C9H12F4N4. The summed E-state index contributed by atoms with van der Waals surface area (Å²) in [4.78, 5) is 7.21. The van der Waals surface area contributed by atoms with Crippen LogP contribution in [-0.4, -0.2) is 29.2 Å². The predicted molar refractivity (Wildman–Crippen MR) is 55.3 cm³/mol. The SMILES string of the molecule is CCCNc1ncc(F)c(NCC(F)(F)F)n1. The molecule has 2 N–H and O–H groups in total. The zero-order valence-corrected chi connectivity index (χ0v) is 9.10. The topological polar surface area (TPSA) is 49.8 Å². The predicted octanol–water partition coefficient (Wildman–Crippen LogP) is 2.41. The van der Waals surface area contributed by atoms with Gasteiger partial charge in [0.25, 0.3) is 0 Å². The van der Waals surface area contributed by atoms with Crippen LogP contribution in [0.5, 0.6) is 0 Å². The van der Waals surface area contributed by atoms with E-state index in [9.17, 15) is 17.6 Å². The maximum absolute atomic E-state index is 13.1. The minimum absolute atomic E-state index is 0.0953. The number of nitrogens with zero attached hydrogens (tertiary/aromatic N) is 2. The molecule has 0 atom stereocenters. The van der Waals surface area contributed by atoms with Gasteiger partial charge in [0, 0.05) is 6.54 Å². The highest BCUT2D eigenvalue weighted by Gasteiger charge is 2.27. The lowest BCUT2D eigenvalue weighted by Crippen LogP contribution is -2.22. The molecule has 8 heteroatoms. The molecule has 0 aliphatic heterocycles. The number of alkyl halides is 3. The smallest absolute Gasteiger partial charge is 0.359 e. The standard InChI is InChI=1S/C9H12F4N4/c1-2-3-14-8-15-4-6(10)7(17-8)16-5-9(11,12)13/h4H,2-3,5H2,1H3,(H2,14,15,16,17). The van der Waals surface area contributed by atoms with E-state index in [0.29, 0.717) is 6.54 Å². The second-order valence-electron chi connectivity index (χ2n) is 3.29. The molecule has 1 heterocycles. The van der Waals surface area contributed by atoms with E-state index in [1.165, 1.54) is 0 Å². The quantitative estimate of drug-likeness (QED) is 0.790. The van der Waals surface area contributed by atoms with Crippen LogP contribution in [0.1, 0.15) is 13.3 Å². The van der Waals surface area contributed by atoms with Gasteiger partial charge in [-0.3, -0.25) is 0 Å². The third-order valence-corrected chi connectivity index (χ3v) is 1.73. The van der Waals surface area contributed by atoms with Crippen molar-refractivity contribution in [3.8, 4) is 0 Å². The van der Waals surface area contributed by atoms with E-state index in [0.717, 1.165) is 12.6 Å². The summed E-state index contributed by atoms with van der Waals surface area (Å²) in [5.74, 6) is -1.29. The Bertz CT molecular complexity index is 367. The van der Waals surface area contributed by atoms with E-state index in [1.54, 1.807) is 0 Å². The second kappa shape index (κ2) is 5.65. The number of anilines is 2. The van der Waals surface area contributed by atoms with E-state index in [4.69, 9.17) is 0 Å². The lowest BCUT2D eigenvalue weighted by atomic mass is 10.5. The molecule has 0 aliphatic carbocycles. The summed E-state index contributed by atoms with van der Waals surface area (Å²) >= 11 is 0. The molecule has 0 fully saturated rings. The lowest BCUT2D eigenvalue weighted by Gasteiger charge is -2.10. The minimum Gasteiger partial charge on any atom is -0.359 e. The van der Waals surface area contributed by atoms with Crippen LogP contribution in [-0.2, 0) is 0 Å². The molecule has 0 saturated heterocycles. The number of nitrogens with one attached hydrogen (secondary N) is 2. The van der Waals surface area contributed by atoms with Crippen molar-refractivity contribution in [3.63, 3.8) is 0 Å². The fourth-order valence-corrected chi connectivity index (χ4v) is 0.997. The van der Waals surface area contributed by atoms with Gasteiger partial charge in [0.05, 0.1) is 6.20 Å². The van der Waals surface area contributed by atoms with Crippen molar-refractivity contribution < 1.29 is 17.6 Å². The van der Waals surface area contributed by atoms with Crippen molar-refractivity contribution >= 4 is 11.8 Å². The van der Waals surface area contributed by atoms with Gasteiger partial charge in [-0.1, -0.05) is 6.92 Å². The molecule has 0 spiro atoms. The summed E-state index contributed by atoms with van der Waals surface area (Å²) in [7, 11) is 0. The Morgan fingerprint density at radius 1 is 1.29 bits per heavy atom. The number of hydrogen-bond donors (Lipinski definition) is 2. The lowest BCUT2D eigenvalue weighted by molar-refractivity contribution is -0.115. The molecule has 4 nitrogen and oxygen atoms in total. The monoisotopic (exact) mass is 252 g/mol. The number of hydrogen-bond acceptors (Lipinski definition) is 4. The molecule has 0 unspecified atom stereocenters. The zero-order chi connectivity index (χ0) is 12.9. The average Bonchev–Trinajstić information content (AvgIpc) is 2.25. The van der Waals surface area contributed by atoms with Crippen LogP contribution < -0.4 is 10.6 Å². The molecule has 96 valence electrons. The Labute approximate surface area is 95.5 Å². The Morgan fingerprint density at radius 3 is 2.59 bits per heavy atom. The first-order valence-electron chi connectivity index (χ1n) is 4.99. The van der Waals surface area contributed by atoms with E-state index in [1.807, 2.05) is 12.2 Å². The summed E-state index contributed by atoms with van der Waals surface area (Å²) in [6.07, 6.45) is -2.80. The van der Waals surface area contributed by atoms with Crippen molar-refractivity contribution in [2.45, 2.75) is 19.5 Å². The highest BCUT2D eigenvalue weighted by Crippen LogP contribution is 2.17. The first-order chi connectivity index (χ1) is 7.92. The minimum atomic E-state index is -4.42. The van der Waals surface area contributed by atoms with Crippen molar-refractivity contribution in [3.05, 3.63) is 12.0 Å². The Hall–Kier alpha value is -1.60. The summed E-state index contributed by atoms with van der Waals surface area (Å²) < 4.78 is 48.9. The van der Waals surface area contributed by atoms with Crippen LogP contribution in [0.2, 0.25) is 0 Å². The van der Waals surface area contributed by atoms with Crippen LogP contribution in [0.4, 0.5) is 29.3 Å². The van der Waals surface area contributed by atoms with Crippen LogP contribution in [0, 0.1) is 5.82 Å². The third kappa shape index (κ3) is 4.83. The van der Waals surface area contributed by atoms with Crippen LogP contribution in [0.15, 0.2) is 6.20 Å². The zero-order valence-electron chi connectivity index (χ0n) is 9.10. The molecule has 0 radical (unpaired) electrons. The molecule has 1 rings (SSSR count). The Morgan fingerprint density at radius 2 is 2.00 bits per heavy atom. The average molecular weight is 252 g/mol. The van der Waals surface area contributed by atoms with E-state index < -0.39 is 24.4 Å². The van der Waals surface area contributed by atoms with Crippen LogP contribution in [0.25, 0.3) is 0 Å². The van der Waals surface area contributed by atoms with Crippen molar-refractivity contribution in [2.24, 2.45) is 0 Å². The number of rotatable bonds is 5. The Balaban J connectivity index is 2.69. The van der Waals surface area contributed by atoms with Crippen LogP contribution in [0.3, 0.4) is 0 Å². The molecule has 0 aliphatic rings. The molecule has 17 heavy (non-hydrogen) atoms. The fourth-order valence-electron chi connectivity index (χ4n) is 0.997. The van der Waals surface area contributed by atoms with E-state index in [2.05, 4.69) is 15.3 Å². The molecule has 0 saturated carbocycles. The van der Waals surface area contributed by atoms with Gasteiger partial charge in [0.15, 0.2) is 11.6 Å². The summed E-state index contributed by atoms with van der Waals surface area (Å²) in [5, 5.41) is 4.63. The molecule has 0 amide bonds. The third-order valence-electron chi connectivity index (χ3n) is 1.73. The molecule has 0 aromatic carbocycles. The highest BCUT2D eigenvalue weighted by molar-refractivity contribution is 5.41. The van der Waals surface area contributed by atoms with Gasteiger partial charge in [0.2, 0.25) is 5.95 Å². The number of halogens is 4. The van der Waals surface area contributed by atoms with Crippen molar-refractivity contribution in [2.75, 3.05) is 23.7 Å². The first-order valence-corrected chi connectivity index (χ1v) is 4.99. The maximum atomic E-state index is 13.1. The van der Waals surface area contributed by atoms with Gasteiger partial charge >= 0.3 is 6.18 Å². The fraction of sp³-hybridized carbons (Fsp3) is 0.556. The van der Waals surface area contributed by atoms with Crippen molar-refractivity contribution in [1.29, 1.82) is 0 Å². The van der Waals surface area contributed by atoms with E-state index >= 15 is 0 Å². The summed E-state index contributed by atoms with van der Waals surface area (Å²) in [6.45, 7) is 1.12. The molecule has 0 bridgehead atoms. The first kappa shape index (κ1) is 13.5. The summed E-state index contributed by atoms with van der Waals surface area (Å²) in [6, 6.07) is 0. The van der Waals surface area contributed by atoms with Crippen molar-refractivity contribution in [1.82, 2.24) is 9.97 Å². The number of aromatic nitrogens is 2. The maximum Gasteiger partial charge on any atom is 0.405 e. The van der Waals surface area contributed by atoms with Gasteiger partial charge in [0.1, 0.15) is 6.54 Å². The second-order valence-corrected chi connectivity index (χ2v) is 3.29. The molecule has 1 aromatic heterocycles. The van der Waals surface area contributed by atoms with E-state index in [-0.39, 0.29) is 5.95 Å². The normalized spacial score (nSPS) is 11.4. The van der Waals surface area contributed by atoms with Gasteiger partial charge in [-0.05, 0) is 6.42 Å². The van der Waals surface area contributed by atoms with Gasteiger partial charge in [-0.2, -0.15) is 18.2 Å². The van der Waals surface area contributed by atoms with Crippen LogP contribution >= 0.6 is 0 Å². The van der Waals surface area contributed by atoms with Gasteiger partial charge < -0.3 is 10.6 Å².